The van der Waals surface area contributed by atoms with Crippen molar-refractivity contribution in [1.29, 1.82) is 0 Å². The molecule has 1 aromatic carbocycles. The summed E-state index contributed by atoms with van der Waals surface area (Å²) in [5.41, 5.74) is 2.30. The van der Waals surface area contributed by atoms with Crippen LogP contribution in [0.5, 0.6) is 0 Å². The molecule has 0 aliphatic carbocycles. The van der Waals surface area contributed by atoms with E-state index in [1.54, 1.807) is 0 Å². The van der Waals surface area contributed by atoms with E-state index in [9.17, 15) is 0 Å². The topological polar surface area (TPSA) is 24.1 Å². The molecule has 0 spiro atoms. The summed E-state index contributed by atoms with van der Waals surface area (Å²) in [6.07, 6.45) is 1.17. The van der Waals surface area contributed by atoms with E-state index in [1.165, 1.54) is 12.0 Å². The molecular weight excluding hydrogens is 196 g/mol. The number of hydrogen-bond donors (Lipinski definition) is 2. The minimum atomic E-state index is 0.522. The van der Waals surface area contributed by atoms with Crippen LogP contribution in [0.25, 0.3) is 0 Å². The van der Waals surface area contributed by atoms with Crippen molar-refractivity contribution in [3.05, 3.63) is 28.8 Å². The summed E-state index contributed by atoms with van der Waals surface area (Å²) >= 11 is 6.13. The predicted octanol–water partition coefficient (Wildman–Crippen LogP) is 2.42. The molecule has 1 heterocycles. The van der Waals surface area contributed by atoms with E-state index in [0.717, 1.165) is 23.8 Å². The second-order valence-electron chi connectivity index (χ2n) is 3.77. The second kappa shape index (κ2) is 4.20. The lowest BCUT2D eigenvalue weighted by Crippen LogP contribution is -2.22. The summed E-state index contributed by atoms with van der Waals surface area (Å²) in [7, 11) is 0. The molecule has 0 aromatic heterocycles. The number of nitrogens with one attached hydrogen (secondary N) is 2. The Balaban J connectivity index is 2.14. The van der Waals surface area contributed by atoms with Gasteiger partial charge in [-0.25, -0.2) is 0 Å². The van der Waals surface area contributed by atoms with Gasteiger partial charge in [-0.05, 0) is 31.5 Å². The van der Waals surface area contributed by atoms with Gasteiger partial charge >= 0.3 is 0 Å². The summed E-state index contributed by atoms with van der Waals surface area (Å²) in [5.74, 6) is 0. The molecule has 0 bridgehead atoms. The highest BCUT2D eigenvalue weighted by molar-refractivity contribution is 6.33. The first-order valence-electron chi connectivity index (χ1n) is 5.00. The highest BCUT2D eigenvalue weighted by atomic mass is 35.5. The van der Waals surface area contributed by atoms with Crippen LogP contribution in [0.4, 0.5) is 5.69 Å². The van der Waals surface area contributed by atoms with Crippen LogP contribution in [-0.2, 0) is 0 Å². The van der Waals surface area contributed by atoms with Crippen molar-refractivity contribution >= 4 is 17.3 Å². The molecule has 0 amide bonds. The molecule has 1 aliphatic rings. The Hall–Kier alpha value is -0.730. The molecule has 2 nitrogen and oxygen atoms in total. The summed E-state index contributed by atoms with van der Waals surface area (Å²) < 4.78 is 0. The van der Waals surface area contributed by atoms with E-state index in [0.29, 0.717) is 6.04 Å². The van der Waals surface area contributed by atoms with Gasteiger partial charge in [0, 0.05) is 12.6 Å². The molecule has 2 rings (SSSR count). The monoisotopic (exact) mass is 210 g/mol. The first-order valence-corrected chi connectivity index (χ1v) is 5.37. The highest BCUT2D eigenvalue weighted by Crippen LogP contribution is 2.26. The fraction of sp³-hybridized carbons (Fsp3) is 0.455. The highest BCUT2D eigenvalue weighted by Gasteiger charge is 2.15. The Morgan fingerprint density at radius 1 is 1.50 bits per heavy atom. The number of para-hydroxylation sites is 1. The van der Waals surface area contributed by atoms with Gasteiger partial charge in [-0.1, -0.05) is 23.7 Å². The van der Waals surface area contributed by atoms with Crippen molar-refractivity contribution in [2.24, 2.45) is 0 Å². The van der Waals surface area contributed by atoms with Gasteiger partial charge in [-0.3, -0.25) is 0 Å². The van der Waals surface area contributed by atoms with Gasteiger partial charge in [0.15, 0.2) is 0 Å². The SMILES string of the molecule is Cc1cccc(Cl)c1NC1CCNC1. The van der Waals surface area contributed by atoms with Crippen molar-refractivity contribution in [1.82, 2.24) is 5.32 Å². The molecule has 1 aliphatic heterocycles. The third-order valence-corrected chi connectivity index (χ3v) is 2.95. The third-order valence-electron chi connectivity index (χ3n) is 2.63. The lowest BCUT2D eigenvalue weighted by molar-refractivity contribution is 0.792. The van der Waals surface area contributed by atoms with Crippen molar-refractivity contribution in [3.63, 3.8) is 0 Å². The average Bonchev–Trinajstić information content (AvgIpc) is 2.64. The molecule has 0 saturated carbocycles. The molecule has 1 fully saturated rings. The zero-order valence-electron chi connectivity index (χ0n) is 8.31. The van der Waals surface area contributed by atoms with Gasteiger partial charge in [0.05, 0.1) is 10.7 Å². The van der Waals surface area contributed by atoms with Gasteiger partial charge in [0.2, 0.25) is 0 Å². The van der Waals surface area contributed by atoms with Crippen LogP contribution in [0.2, 0.25) is 5.02 Å². The van der Waals surface area contributed by atoms with Gasteiger partial charge in [-0.15, -0.1) is 0 Å². The number of hydrogen-bond acceptors (Lipinski definition) is 2. The van der Waals surface area contributed by atoms with Crippen LogP contribution in [0.3, 0.4) is 0 Å². The maximum absolute atomic E-state index is 6.13. The van der Waals surface area contributed by atoms with Crippen molar-refractivity contribution in [2.45, 2.75) is 19.4 Å². The summed E-state index contributed by atoms with van der Waals surface area (Å²) in [5, 5.41) is 7.63. The smallest absolute Gasteiger partial charge is 0.0640 e. The first kappa shape index (κ1) is 9.81. The zero-order chi connectivity index (χ0) is 9.97. The maximum atomic E-state index is 6.13. The molecule has 2 N–H and O–H groups in total. The van der Waals surface area contributed by atoms with E-state index < -0.39 is 0 Å². The molecule has 1 atom stereocenters. The Bertz CT molecular complexity index is 299. The first-order chi connectivity index (χ1) is 6.77. The number of rotatable bonds is 2. The largest absolute Gasteiger partial charge is 0.380 e. The maximum Gasteiger partial charge on any atom is 0.0640 e. The average molecular weight is 211 g/mol. The second-order valence-corrected chi connectivity index (χ2v) is 4.17. The van der Waals surface area contributed by atoms with Crippen LogP contribution < -0.4 is 10.6 Å². The molecule has 1 saturated heterocycles. The van der Waals surface area contributed by atoms with E-state index in [-0.39, 0.29) is 0 Å². The van der Waals surface area contributed by atoms with Gasteiger partial charge < -0.3 is 10.6 Å². The minimum absolute atomic E-state index is 0.522. The van der Waals surface area contributed by atoms with E-state index in [2.05, 4.69) is 23.6 Å². The molecule has 1 unspecified atom stereocenters. The molecule has 1 aromatic rings. The molecule has 76 valence electrons. The predicted molar refractivity (Wildman–Crippen MR) is 61.1 cm³/mol. The normalized spacial score (nSPS) is 21.1. The van der Waals surface area contributed by atoms with E-state index in [4.69, 9.17) is 11.6 Å². The lowest BCUT2D eigenvalue weighted by Gasteiger charge is -2.16. The van der Waals surface area contributed by atoms with Crippen molar-refractivity contribution in [3.8, 4) is 0 Å². The Morgan fingerprint density at radius 3 is 3.00 bits per heavy atom. The Morgan fingerprint density at radius 2 is 2.36 bits per heavy atom. The Labute approximate surface area is 89.7 Å². The number of aryl methyl sites for hydroxylation is 1. The van der Waals surface area contributed by atoms with Gasteiger partial charge in [0.1, 0.15) is 0 Å². The quantitative estimate of drug-likeness (QED) is 0.784. The molecule has 3 heteroatoms. The summed E-state index contributed by atoms with van der Waals surface area (Å²) in [6, 6.07) is 6.51. The van der Waals surface area contributed by atoms with E-state index in [1.807, 2.05) is 12.1 Å². The number of halogens is 1. The van der Waals surface area contributed by atoms with Crippen LogP contribution in [0.15, 0.2) is 18.2 Å². The standard InChI is InChI=1S/C11H15ClN2/c1-8-3-2-4-10(12)11(8)14-9-5-6-13-7-9/h2-4,9,13-14H,5-7H2,1H3. The van der Waals surface area contributed by atoms with Gasteiger partial charge in [0.25, 0.3) is 0 Å². The van der Waals surface area contributed by atoms with E-state index >= 15 is 0 Å². The van der Waals surface area contributed by atoms with Gasteiger partial charge in [-0.2, -0.15) is 0 Å². The fourth-order valence-electron chi connectivity index (χ4n) is 1.80. The van der Waals surface area contributed by atoms with Crippen LogP contribution in [0.1, 0.15) is 12.0 Å². The molecule has 0 radical (unpaired) electrons. The zero-order valence-corrected chi connectivity index (χ0v) is 9.06. The molecular formula is C11H15ClN2. The summed E-state index contributed by atoms with van der Waals surface area (Å²) in [4.78, 5) is 0. The van der Waals surface area contributed by atoms with Crippen LogP contribution >= 0.6 is 11.6 Å². The lowest BCUT2D eigenvalue weighted by atomic mass is 10.1. The Kier molecular flexibility index (Phi) is 2.94. The van der Waals surface area contributed by atoms with Crippen molar-refractivity contribution in [2.75, 3.05) is 18.4 Å². The minimum Gasteiger partial charge on any atom is -0.380 e. The fourth-order valence-corrected chi connectivity index (χ4v) is 2.07. The van der Waals surface area contributed by atoms with Crippen LogP contribution in [0, 0.1) is 6.92 Å². The number of benzene rings is 1. The summed E-state index contributed by atoms with van der Waals surface area (Å²) in [6.45, 7) is 4.21. The van der Waals surface area contributed by atoms with Crippen molar-refractivity contribution < 1.29 is 0 Å². The van der Waals surface area contributed by atoms with Crippen LogP contribution in [-0.4, -0.2) is 19.1 Å². The third kappa shape index (κ3) is 2.02. The molecule has 14 heavy (non-hydrogen) atoms. The number of anilines is 1.